The molecule has 4 nitrogen and oxygen atoms in total. The van der Waals surface area contributed by atoms with Crippen molar-refractivity contribution in [1.29, 1.82) is 0 Å². The Labute approximate surface area is 240 Å². The average Bonchev–Trinajstić information content (AvgIpc) is 2.90. The van der Waals surface area contributed by atoms with E-state index in [9.17, 15) is 35.9 Å². The van der Waals surface area contributed by atoms with Gasteiger partial charge in [-0.2, -0.15) is 26.3 Å². The molecule has 0 atom stereocenters. The minimum Gasteiger partial charge on any atom is -0.333 e. The summed E-state index contributed by atoms with van der Waals surface area (Å²) in [6.45, 7) is 5.98. The first-order chi connectivity index (χ1) is 19.5. The molecule has 0 aromatic heterocycles. The zero-order valence-electron chi connectivity index (χ0n) is 23.5. The molecule has 224 valence electrons. The number of hydrogen-bond donors (Lipinski definition) is 1. The molecule has 3 aromatic carbocycles. The van der Waals surface area contributed by atoms with E-state index in [1.807, 2.05) is 20.8 Å². The zero-order chi connectivity index (χ0) is 30.9. The van der Waals surface area contributed by atoms with E-state index in [0.717, 1.165) is 29.8 Å². The molecule has 0 saturated carbocycles. The van der Waals surface area contributed by atoms with E-state index >= 15 is 0 Å². The zero-order valence-corrected chi connectivity index (χ0v) is 23.5. The Hall–Kier alpha value is -3.82. The summed E-state index contributed by atoms with van der Waals surface area (Å²) in [5.41, 5.74) is 1.32. The first-order valence-corrected chi connectivity index (χ1v) is 13.6. The topological polar surface area (TPSA) is 49.4 Å². The number of amides is 2. The van der Waals surface area contributed by atoms with Crippen LogP contribution < -0.4 is 5.32 Å². The summed E-state index contributed by atoms with van der Waals surface area (Å²) in [6.07, 6.45) is -7.68. The number of aryl methyl sites for hydroxylation is 1. The van der Waals surface area contributed by atoms with Crippen LogP contribution in [0.5, 0.6) is 0 Å². The summed E-state index contributed by atoms with van der Waals surface area (Å²) in [5.74, 6) is -0.202. The number of ketones is 1. The first-order valence-electron chi connectivity index (χ1n) is 13.6. The molecular weight excluding hydrogens is 558 g/mol. The number of carbonyl (C=O) groups is 2. The monoisotopic (exact) mass is 590 g/mol. The Morgan fingerprint density at radius 1 is 0.833 bits per heavy atom. The van der Waals surface area contributed by atoms with E-state index < -0.39 is 29.0 Å². The van der Waals surface area contributed by atoms with Gasteiger partial charge in [0.05, 0.1) is 11.1 Å². The largest absolute Gasteiger partial charge is 0.416 e. The fourth-order valence-electron chi connectivity index (χ4n) is 5.09. The van der Waals surface area contributed by atoms with Crippen molar-refractivity contribution in [2.45, 2.75) is 70.9 Å². The Balaban J connectivity index is 1.61. The van der Waals surface area contributed by atoms with Gasteiger partial charge >= 0.3 is 18.4 Å². The second-order valence-electron chi connectivity index (χ2n) is 11.5. The highest BCUT2D eigenvalue weighted by molar-refractivity contribution is 5.99. The molecule has 42 heavy (non-hydrogen) atoms. The van der Waals surface area contributed by atoms with Gasteiger partial charge < -0.3 is 10.2 Å². The molecule has 2 amide bonds. The number of nitrogens with one attached hydrogen (secondary N) is 1. The maximum absolute atomic E-state index is 13.4. The number of rotatable bonds is 6. The number of benzene rings is 3. The van der Waals surface area contributed by atoms with Gasteiger partial charge in [-0.3, -0.25) is 4.79 Å². The molecule has 1 N–H and O–H groups in total. The number of fused-ring (bicyclic) bond motifs is 1. The van der Waals surface area contributed by atoms with Gasteiger partial charge in [0.2, 0.25) is 0 Å². The lowest BCUT2D eigenvalue weighted by Gasteiger charge is -2.34. The van der Waals surface area contributed by atoms with Gasteiger partial charge in [-0.25, -0.2) is 4.79 Å². The van der Waals surface area contributed by atoms with Crippen LogP contribution in [-0.2, 0) is 31.7 Å². The lowest BCUT2D eigenvalue weighted by atomic mass is 9.85. The van der Waals surface area contributed by atoms with Gasteiger partial charge in [0, 0.05) is 30.6 Å². The molecule has 3 aromatic rings. The molecule has 1 aliphatic heterocycles. The Kier molecular flexibility index (Phi) is 8.76. The minimum absolute atomic E-state index is 0.115. The third-order valence-corrected chi connectivity index (χ3v) is 7.13. The molecule has 0 saturated heterocycles. The lowest BCUT2D eigenvalue weighted by molar-refractivity contribution is -0.138. The summed E-state index contributed by atoms with van der Waals surface area (Å²) in [5, 5.41) is 2.91. The quantitative estimate of drug-likeness (QED) is 0.231. The van der Waals surface area contributed by atoms with E-state index in [0.29, 0.717) is 53.6 Å². The highest BCUT2D eigenvalue weighted by atomic mass is 19.4. The normalized spacial score (nSPS) is 14.0. The van der Waals surface area contributed by atoms with Crippen molar-refractivity contribution >= 4 is 11.8 Å². The van der Waals surface area contributed by atoms with E-state index in [4.69, 9.17) is 0 Å². The predicted octanol–water partition coefficient (Wildman–Crippen LogP) is 8.46. The van der Waals surface area contributed by atoms with Crippen molar-refractivity contribution in [2.75, 3.05) is 6.54 Å². The summed E-state index contributed by atoms with van der Waals surface area (Å²) in [6, 6.07) is 12.8. The number of Topliss-reactive ketones (excluding diaryl/α,β-unsaturated/α-hetero) is 1. The molecule has 0 spiro atoms. The molecule has 4 rings (SSSR count). The average molecular weight is 591 g/mol. The van der Waals surface area contributed by atoms with Crippen LogP contribution in [0.25, 0.3) is 11.1 Å². The highest BCUT2D eigenvalue weighted by Crippen LogP contribution is 2.37. The van der Waals surface area contributed by atoms with Crippen LogP contribution in [0.3, 0.4) is 0 Å². The molecule has 0 bridgehead atoms. The number of nitrogens with zero attached hydrogens (tertiary/aromatic N) is 1. The van der Waals surface area contributed by atoms with E-state index in [1.54, 1.807) is 23.1 Å². The molecular formula is C32H32F6N2O2. The third-order valence-electron chi connectivity index (χ3n) is 7.13. The minimum atomic E-state index is -4.51. The number of urea groups is 1. The Bertz CT molecular complexity index is 1450. The molecule has 1 heterocycles. The van der Waals surface area contributed by atoms with Gasteiger partial charge in [-0.05, 0) is 92.1 Å². The van der Waals surface area contributed by atoms with Gasteiger partial charge in [0.25, 0.3) is 0 Å². The van der Waals surface area contributed by atoms with Crippen molar-refractivity contribution in [3.8, 4) is 11.1 Å². The standard InChI is InChI=1S/C32H32F6N2O2/c1-30(2,3)39-29(42)40-17-16-25-24(21-7-5-8-23(18-21)32(36,37)38)14-15-26(27(25)19-40)28(41)9-4-6-20-10-12-22(13-11-20)31(33,34)35/h5,7-8,10-15,18H,4,6,9,16-17,19H2,1-3H3,(H,39,42). The number of halogens is 6. The maximum atomic E-state index is 13.4. The SMILES string of the molecule is CC(C)(C)NC(=O)N1CCc2c(-c3cccc(C(F)(F)F)c3)ccc(C(=O)CCCc3ccc(C(F)(F)F)cc3)c2C1. The first kappa shape index (κ1) is 31.1. The van der Waals surface area contributed by atoms with Gasteiger partial charge in [-0.1, -0.05) is 36.4 Å². The van der Waals surface area contributed by atoms with Crippen LogP contribution in [0, 0.1) is 0 Å². The second kappa shape index (κ2) is 11.8. The number of hydrogen-bond acceptors (Lipinski definition) is 2. The Morgan fingerprint density at radius 2 is 1.50 bits per heavy atom. The van der Waals surface area contributed by atoms with Crippen molar-refractivity contribution in [2.24, 2.45) is 0 Å². The van der Waals surface area contributed by atoms with Crippen molar-refractivity contribution in [3.63, 3.8) is 0 Å². The molecule has 0 radical (unpaired) electrons. The molecule has 0 aliphatic carbocycles. The van der Waals surface area contributed by atoms with Crippen LogP contribution in [-0.4, -0.2) is 28.8 Å². The fourth-order valence-corrected chi connectivity index (χ4v) is 5.09. The van der Waals surface area contributed by atoms with Crippen LogP contribution in [0.2, 0.25) is 0 Å². The van der Waals surface area contributed by atoms with Crippen molar-refractivity contribution in [1.82, 2.24) is 10.2 Å². The fraction of sp³-hybridized carbons (Fsp3) is 0.375. The van der Waals surface area contributed by atoms with E-state index in [2.05, 4.69) is 5.32 Å². The van der Waals surface area contributed by atoms with E-state index in [1.165, 1.54) is 18.2 Å². The number of alkyl halides is 6. The van der Waals surface area contributed by atoms with Crippen LogP contribution in [0.1, 0.15) is 71.8 Å². The van der Waals surface area contributed by atoms with Crippen molar-refractivity contribution in [3.05, 3.63) is 94.0 Å². The number of carbonyl (C=O) groups excluding carboxylic acids is 2. The van der Waals surface area contributed by atoms with Crippen LogP contribution >= 0.6 is 0 Å². The summed E-state index contributed by atoms with van der Waals surface area (Å²) >= 11 is 0. The predicted molar refractivity (Wildman–Crippen MR) is 148 cm³/mol. The Morgan fingerprint density at radius 3 is 2.12 bits per heavy atom. The van der Waals surface area contributed by atoms with Gasteiger partial charge in [0.15, 0.2) is 5.78 Å². The van der Waals surface area contributed by atoms with Gasteiger partial charge in [-0.15, -0.1) is 0 Å². The molecule has 10 heteroatoms. The van der Waals surface area contributed by atoms with Crippen LogP contribution in [0.4, 0.5) is 31.1 Å². The molecule has 1 aliphatic rings. The second-order valence-corrected chi connectivity index (χ2v) is 11.5. The lowest BCUT2D eigenvalue weighted by Crippen LogP contribution is -2.50. The maximum Gasteiger partial charge on any atom is 0.416 e. The van der Waals surface area contributed by atoms with Gasteiger partial charge in [0.1, 0.15) is 0 Å². The van der Waals surface area contributed by atoms with E-state index in [-0.39, 0.29) is 24.8 Å². The third kappa shape index (κ3) is 7.52. The molecule has 0 fully saturated rings. The summed E-state index contributed by atoms with van der Waals surface area (Å²) < 4.78 is 78.8. The summed E-state index contributed by atoms with van der Waals surface area (Å²) in [7, 11) is 0. The van der Waals surface area contributed by atoms with Crippen molar-refractivity contribution < 1.29 is 35.9 Å². The smallest absolute Gasteiger partial charge is 0.333 e. The molecule has 0 unspecified atom stereocenters. The van der Waals surface area contributed by atoms with Crippen LogP contribution in [0.15, 0.2) is 60.7 Å². The summed E-state index contributed by atoms with van der Waals surface area (Å²) in [4.78, 5) is 28.0. The highest BCUT2D eigenvalue weighted by Gasteiger charge is 2.32.